The molecule has 0 saturated carbocycles. The number of aryl methyl sites for hydroxylation is 3. The largest absolute Gasteiger partial charge is 0.144 e. The van der Waals surface area contributed by atoms with Crippen molar-refractivity contribution in [3.63, 3.8) is 0 Å². The summed E-state index contributed by atoms with van der Waals surface area (Å²) in [6.45, 7) is 25.0. The maximum atomic E-state index is 3.48. The maximum Gasteiger partial charge on any atom is 0.0904 e. The highest BCUT2D eigenvalue weighted by Gasteiger charge is 2.20. The molecule has 0 fully saturated rings. The summed E-state index contributed by atoms with van der Waals surface area (Å²) in [5, 5.41) is 0. The Balaban J connectivity index is 0.000000485. The summed E-state index contributed by atoms with van der Waals surface area (Å²) in [7, 11) is -1.20. The highest BCUT2D eigenvalue weighted by molar-refractivity contribution is 7.31. The molecule has 0 N–H and O–H groups in total. The van der Waals surface area contributed by atoms with Crippen molar-refractivity contribution in [3.8, 4) is 19.5 Å². The fraction of sp³-hybridized carbons (Fsp3) is 0.385. The molecular formula is C26H38S3Si. The van der Waals surface area contributed by atoms with Gasteiger partial charge in [-0.15, -0.1) is 47.2 Å². The van der Waals surface area contributed by atoms with Crippen LogP contribution < -0.4 is 4.50 Å². The third-order valence-corrected chi connectivity index (χ3v) is 11.8. The van der Waals surface area contributed by atoms with Crippen LogP contribution in [-0.2, 0) is 0 Å². The van der Waals surface area contributed by atoms with E-state index in [0.717, 1.165) is 12.8 Å². The molecule has 0 radical (unpaired) electrons. The molecule has 0 atom stereocenters. The average molecular weight is 475 g/mol. The molecule has 0 aliphatic carbocycles. The quantitative estimate of drug-likeness (QED) is 0.255. The molecule has 0 amide bonds. The Labute approximate surface area is 198 Å². The van der Waals surface area contributed by atoms with Gasteiger partial charge in [-0.2, -0.15) is 0 Å². The lowest BCUT2D eigenvalue weighted by molar-refractivity contribution is 1.23. The van der Waals surface area contributed by atoms with Crippen molar-refractivity contribution in [3.05, 3.63) is 65.6 Å². The predicted octanol–water partition coefficient (Wildman–Crippen LogP) is 9.84. The van der Waals surface area contributed by atoms with Crippen LogP contribution in [-0.4, -0.2) is 8.07 Å². The monoisotopic (exact) mass is 474 g/mol. The maximum absolute atomic E-state index is 3.48. The van der Waals surface area contributed by atoms with E-state index in [9.17, 15) is 0 Å². The van der Waals surface area contributed by atoms with Crippen LogP contribution in [0.1, 0.15) is 42.7 Å². The molecule has 164 valence electrons. The Hall–Kier alpha value is -1.20. The molecular weight excluding hydrogens is 437 g/mol. The Morgan fingerprint density at radius 3 is 1.67 bits per heavy atom. The Bertz CT molecular complexity index is 924. The van der Waals surface area contributed by atoms with Crippen LogP contribution >= 0.6 is 34.0 Å². The molecule has 0 aliphatic rings. The zero-order valence-electron chi connectivity index (χ0n) is 20.0. The van der Waals surface area contributed by atoms with Gasteiger partial charge in [-0.3, -0.25) is 0 Å². The molecule has 0 spiro atoms. The van der Waals surface area contributed by atoms with E-state index in [2.05, 4.69) is 91.7 Å². The second-order valence-corrected chi connectivity index (χ2v) is 17.1. The van der Waals surface area contributed by atoms with Crippen LogP contribution in [0, 0.1) is 20.8 Å². The molecule has 0 unspecified atom stereocenters. The van der Waals surface area contributed by atoms with E-state index >= 15 is 0 Å². The van der Waals surface area contributed by atoms with Crippen molar-refractivity contribution >= 4 is 46.6 Å². The summed E-state index contributed by atoms with van der Waals surface area (Å²) >= 11 is 5.87. The van der Waals surface area contributed by atoms with E-state index in [1.54, 1.807) is 4.50 Å². The third kappa shape index (κ3) is 7.81. The minimum absolute atomic E-state index is 1.08. The van der Waals surface area contributed by atoms with Crippen LogP contribution in [0.4, 0.5) is 0 Å². The summed E-state index contributed by atoms with van der Waals surface area (Å²) in [5.74, 6) is 0. The van der Waals surface area contributed by atoms with Crippen molar-refractivity contribution in [2.45, 2.75) is 67.1 Å². The first-order chi connectivity index (χ1) is 14.1. The van der Waals surface area contributed by atoms with Gasteiger partial charge in [-0.1, -0.05) is 51.7 Å². The lowest BCUT2D eigenvalue weighted by atomic mass is 10.2. The van der Waals surface area contributed by atoms with E-state index in [1.165, 1.54) is 35.5 Å². The molecule has 0 saturated heterocycles. The van der Waals surface area contributed by atoms with Crippen molar-refractivity contribution in [2.24, 2.45) is 0 Å². The zero-order chi connectivity index (χ0) is 22.9. The highest BCUT2D eigenvalue weighted by Crippen LogP contribution is 2.43. The first-order valence-electron chi connectivity index (χ1n) is 10.6. The summed E-state index contributed by atoms with van der Waals surface area (Å²) in [6.07, 6.45) is 5.92. The number of hydrogen-bond donors (Lipinski definition) is 0. The first kappa shape index (κ1) is 26.8. The molecule has 0 aliphatic heterocycles. The highest BCUT2D eigenvalue weighted by atomic mass is 32.1. The van der Waals surface area contributed by atoms with Gasteiger partial charge in [-0.05, 0) is 67.4 Å². The van der Waals surface area contributed by atoms with E-state index in [0.29, 0.717) is 0 Å². The number of rotatable bonds is 5. The number of allylic oxidation sites excluding steroid dienone is 2. The smallest absolute Gasteiger partial charge is 0.0904 e. The molecule has 3 heterocycles. The van der Waals surface area contributed by atoms with Crippen LogP contribution in [0.15, 0.2) is 49.6 Å². The van der Waals surface area contributed by atoms with Crippen molar-refractivity contribution in [2.75, 3.05) is 0 Å². The van der Waals surface area contributed by atoms with Gasteiger partial charge in [0.15, 0.2) is 0 Å². The van der Waals surface area contributed by atoms with Crippen molar-refractivity contribution in [1.29, 1.82) is 0 Å². The second-order valence-electron chi connectivity index (χ2n) is 8.30. The normalized spacial score (nSPS) is 10.5. The lowest BCUT2D eigenvalue weighted by Gasteiger charge is -2.12. The summed E-state index contributed by atoms with van der Waals surface area (Å²) < 4.78 is 1.60. The summed E-state index contributed by atoms with van der Waals surface area (Å²) in [4.78, 5) is 7.16. The van der Waals surface area contributed by atoms with Gasteiger partial charge in [0.05, 0.1) is 8.07 Å². The standard InChI is InChI=1S/C18H22S3Si.2C4H8/c1-11-9-13(3)19-18(11)15-10-12(2)17(21-15)14-7-8-16(20-14)22(4,5)6;2*1-3-4-2/h7-10H,1-6H3;2*3H,1,4H2,2H3. The van der Waals surface area contributed by atoms with Gasteiger partial charge in [0.25, 0.3) is 0 Å². The minimum atomic E-state index is -1.20. The topological polar surface area (TPSA) is 0 Å². The average Bonchev–Trinajstić information content (AvgIpc) is 3.40. The minimum Gasteiger partial charge on any atom is -0.144 e. The molecule has 0 nitrogen and oxygen atoms in total. The van der Waals surface area contributed by atoms with Gasteiger partial charge in [0.2, 0.25) is 0 Å². The number of thiophene rings is 3. The summed E-state index contributed by atoms with van der Waals surface area (Å²) in [6, 6.07) is 9.34. The molecule has 3 rings (SSSR count). The van der Waals surface area contributed by atoms with E-state index in [4.69, 9.17) is 0 Å². The number of hydrogen-bond acceptors (Lipinski definition) is 3. The Morgan fingerprint density at radius 1 is 0.767 bits per heavy atom. The fourth-order valence-electron chi connectivity index (χ4n) is 2.59. The van der Waals surface area contributed by atoms with Gasteiger partial charge in [-0.25, -0.2) is 0 Å². The van der Waals surface area contributed by atoms with Gasteiger partial charge in [0.1, 0.15) is 0 Å². The summed E-state index contributed by atoms with van der Waals surface area (Å²) in [5.41, 5.74) is 2.82. The Kier molecular flexibility index (Phi) is 11.3. The third-order valence-electron chi connectivity index (χ3n) is 4.33. The second kappa shape index (κ2) is 12.6. The van der Waals surface area contributed by atoms with E-state index < -0.39 is 8.07 Å². The van der Waals surface area contributed by atoms with E-state index in [-0.39, 0.29) is 0 Å². The fourth-order valence-corrected chi connectivity index (χ4v) is 8.02. The molecule has 0 aromatic carbocycles. The van der Waals surface area contributed by atoms with Crippen LogP contribution in [0.2, 0.25) is 19.6 Å². The zero-order valence-corrected chi connectivity index (χ0v) is 23.5. The van der Waals surface area contributed by atoms with Gasteiger partial charge in [0, 0.05) is 24.4 Å². The molecule has 30 heavy (non-hydrogen) atoms. The molecule has 3 aromatic heterocycles. The Morgan fingerprint density at radius 2 is 1.27 bits per heavy atom. The van der Waals surface area contributed by atoms with Crippen molar-refractivity contribution in [1.82, 2.24) is 0 Å². The molecule has 3 aromatic rings. The SMILES string of the molecule is C=CCC.C=CCC.Cc1cc(C)c(-c2cc(C)c(-c3ccc([Si](C)(C)C)s3)s2)s1. The van der Waals surface area contributed by atoms with Crippen molar-refractivity contribution < 1.29 is 0 Å². The van der Waals surface area contributed by atoms with Crippen LogP contribution in [0.5, 0.6) is 0 Å². The lowest BCUT2D eigenvalue weighted by Crippen LogP contribution is -2.34. The van der Waals surface area contributed by atoms with Crippen LogP contribution in [0.25, 0.3) is 19.5 Å². The molecule has 4 heteroatoms. The van der Waals surface area contributed by atoms with Gasteiger partial charge < -0.3 is 0 Å². The predicted molar refractivity (Wildman–Crippen MR) is 149 cm³/mol. The van der Waals surface area contributed by atoms with E-state index in [1.807, 2.05) is 46.2 Å². The molecule has 0 bridgehead atoms. The van der Waals surface area contributed by atoms with Crippen LogP contribution in [0.3, 0.4) is 0 Å². The first-order valence-corrected chi connectivity index (χ1v) is 16.5. The van der Waals surface area contributed by atoms with Gasteiger partial charge >= 0.3 is 0 Å².